The molecule has 0 aliphatic rings. The molecule has 0 aliphatic heterocycles. The first kappa shape index (κ1) is 14.8. The van der Waals surface area contributed by atoms with Gasteiger partial charge in [0.1, 0.15) is 0 Å². The van der Waals surface area contributed by atoms with Gasteiger partial charge in [-0.25, -0.2) is 0 Å². The van der Waals surface area contributed by atoms with E-state index in [1.165, 1.54) is 47.9 Å². The summed E-state index contributed by atoms with van der Waals surface area (Å²) in [5.74, 6) is 0.697. The van der Waals surface area contributed by atoms with E-state index in [-0.39, 0.29) is 0 Å². The Morgan fingerprint density at radius 2 is 1.40 bits per heavy atom. The molecule has 2 aromatic rings. The molecule has 106 valence electrons. The molecule has 0 amide bonds. The number of hydrogen-bond donors (Lipinski definition) is 0. The van der Waals surface area contributed by atoms with Crippen molar-refractivity contribution >= 4 is 0 Å². The second-order valence-electron chi connectivity index (χ2n) is 5.73. The zero-order valence-corrected chi connectivity index (χ0v) is 13.0. The molecule has 2 aromatic carbocycles. The Kier molecular flexibility index (Phi) is 5.40. The van der Waals surface area contributed by atoms with Crippen molar-refractivity contribution in [2.24, 2.45) is 0 Å². The van der Waals surface area contributed by atoms with Gasteiger partial charge in [-0.05, 0) is 42.4 Å². The zero-order chi connectivity index (χ0) is 14.4. The van der Waals surface area contributed by atoms with Gasteiger partial charge >= 0.3 is 0 Å². The summed E-state index contributed by atoms with van der Waals surface area (Å²) in [4.78, 5) is 0. The highest BCUT2D eigenvalue weighted by molar-refractivity contribution is 5.68. The van der Waals surface area contributed by atoms with Crippen LogP contribution in [0.25, 0.3) is 11.1 Å². The summed E-state index contributed by atoms with van der Waals surface area (Å²) in [6.07, 6.45) is 5.09. The fourth-order valence-electron chi connectivity index (χ4n) is 3.00. The van der Waals surface area contributed by atoms with E-state index in [0.717, 1.165) is 0 Å². The lowest BCUT2D eigenvalue weighted by Gasteiger charge is -2.20. The van der Waals surface area contributed by atoms with Crippen LogP contribution in [0.15, 0.2) is 48.5 Å². The number of benzene rings is 2. The van der Waals surface area contributed by atoms with Gasteiger partial charge in [0, 0.05) is 0 Å². The molecule has 2 rings (SSSR count). The van der Waals surface area contributed by atoms with Crippen molar-refractivity contribution in [3.05, 3.63) is 59.7 Å². The van der Waals surface area contributed by atoms with Gasteiger partial charge in [0.05, 0.1) is 0 Å². The smallest absolute Gasteiger partial charge is 0.0149 e. The van der Waals surface area contributed by atoms with Crippen molar-refractivity contribution in [3.63, 3.8) is 0 Å². The first-order valence-electron chi connectivity index (χ1n) is 7.92. The minimum absolute atomic E-state index is 0.697. The number of hydrogen-bond acceptors (Lipinski definition) is 0. The molecule has 0 radical (unpaired) electrons. The maximum absolute atomic E-state index is 2.32. The molecule has 0 bridgehead atoms. The highest BCUT2D eigenvalue weighted by Crippen LogP contribution is 2.34. The maximum atomic E-state index is 2.32. The van der Waals surface area contributed by atoms with Gasteiger partial charge in [-0.3, -0.25) is 0 Å². The second kappa shape index (κ2) is 7.28. The van der Waals surface area contributed by atoms with Crippen LogP contribution >= 0.6 is 0 Å². The van der Waals surface area contributed by atoms with Crippen LogP contribution in [0.2, 0.25) is 0 Å². The van der Waals surface area contributed by atoms with Crippen LogP contribution in [0.4, 0.5) is 0 Å². The van der Waals surface area contributed by atoms with E-state index in [9.17, 15) is 0 Å². The Morgan fingerprint density at radius 3 is 2.00 bits per heavy atom. The summed E-state index contributed by atoms with van der Waals surface area (Å²) in [5.41, 5.74) is 5.62. The van der Waals surface area contributed by atoms with E-state index in [1.54, 1.807) is 0 Å². The minimum Gasteiger partial charge on any atom is -0.0654 e. The normalized spacial score (nSPS) is 11.0. The molecule has 0 atom stereocenters. The fraction of sp³-hybridized carbons (Fsp3) is 0.400. The van der Waals surface area contributed by atoms with Gasteiger partial charge in [-0.15, -0.1) is 0 Å². The molecule has 0 aliphatic carbocycles. The van der Waals surface area contributed by atoms with E-state index < -0.39 is 0 Å². The van der Waals surface area contributed by atoms with Crippen LogP contribution in [0.5, 0.6) is 0 Å². The Balaban J connectivity index is 2.40. The van der Waals surface area contributed by atoms with Crippen LogP contribution in [0, 0.1) is 6.92 Å². The molecule has 0 unspecified atom stereocenters. The Hall–Kier alpha value is -1.56. The SMILES string of the molecule is CCCC(CCC)c1ccccc1-c1ccc(C)cc1. The first-order chi connectivity index (χ1) is 9.76. The first-order valence-corrected chi connectivity index (χ1v) is 7.92. The zero-order valence-electron chi connectivity index (χ0n) is 13.0. The molecule has 0 heterocycles. The van der Waals surface area contributed by atoms with E-state index in [4.69, 9.17) is 0 Å². The minimum atomic E-state index is 0.697. The summed E-state index contributed by atoms with van der Waals surface area (Å²) in [6, 6.07) is 17.9. The molecule has 0 heteroatoms. The van der Waals surface area contributed by atoms with Crippen LogP contribution in [-0.4, -0.2) is 0 Å². The molecule has 0 saturated carbocycles. The molecule has 0 fully saturated rings. The highest BCUT2D eigenvalue weighted by atomic mass is 14.2. The summed E-state index contributed by atoms with van der Waals surface area (Å²) in [5, 5.41) is 0. The average Bonchev–Trinajstić information content (AvgIpc) is 2.48. The monoisotopic (exact) mass is 266 g/mol. The van der Waals surface area contributed by atoms with E-state index in [0.29, 0.717) is 5.92 Å². The second-order valence-corrected chi connectivity index (χ2v) is 5.73. The van der Waals surface area contributed by atoms with Gasteiger partial charge in [-0.2, -0.15) is 0 Å². The maximum Gasteiger partial charge on any atom is -0.0149 e. The van der Waals surface area contributed by atoms with Crippen molar-refractivity contribution in [2.45, 2.75) is 52.4 Å². The summed E-state index contributed by atoms with van der Waals surface area (Å²) < 4.78 is 0. The molecular formula is C20H26. The van der Waals surface area contributed by atoms with Crippen LogP contribution < -0.4 is 0 Å². The average molecular weight is 266 g/mol. The Morgan fingerprint density at radius 1 is 0.800 bits per heavy atom. The Bertz CT molecular complexity index is 516. The van der Waals surface area contributed by atoms with Crippen LogP contribution in [0.1, 0.15) is 56.6 Å². The predicted molar refractivity (Wildman–Crippen MR) is 89.2 cm³/mol. The van der Waals surface area contributed by atoms with Gasteiger partial charge in [0.15, 0.2) is 0 Å². The van der Waals surface area contributed by atoms with Crippen LogP contribution in [-0.2, 0) is 0 Å². The third-order valence-electron chi connectivity index (χ3n) is 4.04. The van der Waals surface area contributed by atoms with Gasteiger partial charge in [0.25, 0.3) is 0 Å². The Labute approximate surface area is 123 Å². The van der Waals surface area contributed by atoms with E-state index >= 15 is 0 Å². The predicted octanol–water partition coefficient (Wildman–Crippen LogP) is 6.35. The lowest BCUT2D eigenvalue weighted by Crippen LogP contribution is -2.00. The fourth-order valence-corrected chi connectivity index (χ4v) is 3.00. The van der Waals surface area contributed by atoms with Crippen molar-refractivity contribution in [3.8, 4) is 11.1 Å². The van der Waals surface area contributed by atoms with Gasteiger partial charge in [-0.1, -0.05) is 80.8 Å². The molecular weight excluding hydrogens is 240 g/mol. The molecule has 0 N–H and O–H groups in total. The molecule has 0 saturated heterocycles. The molecule has 20 heavy (non-hydrogen) atoms. The van der Waals surface area contributed by atoms with Crippen molar-refractivity contribution in [1.82, 2.24) is 0 Å². The third kappa shape index (κ3) is 3.50. The lowest BCUT2D eigenvalue weighted by atomic mass is 9.85. The molecule has 0 spiro atoms. The largest absolute Gasteiger partial charge is 0.0654 e. The number of rotatable bonds is 6. The van der Waals surface area contributed by atoms with Crippen molar-refractivity contribution < 1.29 is 0 Å². The quantitative estimate of drug-likeness (QED) is 0.571. The lowest BCUT2D eigenvalue weighted by molar-refractivity contribution is 0.562. The topological polar surface area (TPSA) is 0 Å². The van der Waals surface area contributed by atoms with Crippen molar-refractivity contribution in [1.29, 1.82) is 0 Å². The van der Waals surface area contributed by atoms with E-state index in [1.807, 2.05) is 0 Å². The van der Waals surface area contributed by atoms with Gasteiger partial charge < -0.3 is 0 Å². The standard InChI is InChI=1S/C20H26/c1-4-8-17(9-5-2)19-10-6-7-11-20(19)18-14-12-16(3)13-15-18/h6-7,10-15,17H,4-5,8-9H2,1-3H3. The van der Waals surface area contributed by atoms with Gasteiger partial charge in [0.2, 0.25) is 0 Å². The summed E-state index contributed by atoms with van der Waals surface area (Å²) in [7, 11) is 0. The summed E-state index contributed by atoms with van der Waals surface area (Å²) in [6.45, 7) is 6.72. The molecule has 0 nitrogen and oxygen atoms in total. The highest BCUT2D eigenvalue weighted by Gasteiger charge is 2.14. The molecule has 0 aromatic heterocycles. The van der Waals surface area contributed by atoms with Crippen LogP contribution in [0.3, 0.4) is 0 Å². The third-order valence-corrected chi connectivity index (χ3v) is 4.04. The summed E-state index contributed by atoms with van der Waals surface area (Å²) >= 11 is 0. The van der Waals surface area contributed by atoms with Crippen molar-refractivity contribution in [2.75, 3.05) is 0 Å². The van der Waals surface area contributed by atoms with E-state index in [2.05, 4.69) is 69.3 Å². The number of aryl methyl sites for hydroxylation is 1.